The number of carbonyl (C=O) groups is 3. The Morgan fingerprint density at radius 1 is 1.31 bits per heavy atom. The summed E-state index contributed by atoms with van der Waals surface area (Å²) in [7, 11) is 1.38. The highest BCUT2D eigenvalue weighted by Gasteiger charge is 2.24. The summed E-state index contributed by atoms with van der Waals surface area (Å²) in [6.07, 6.45) is -0.434. The highest BCUT2D eigenvalue weighted by molar-refractivity contribution is 6.32. The van der Waals surface area contributed by atoms with E-state index in [0.717, 1.165) is 0 Å². The van der Waals surface area contributed by atoms with E-state index in [9.17, 15) is 14.4 Å². The van der Waals surface area contributed by atoms with Crippen LogP contribution < -0.4 is 25.4 Å². The van der Waals surface area contributed by atoms with Gasteiger partial charge in [-0.25, -0.2) is 4.79 Å². The first kappa shape index (κ1) is 20.3. The third-order valence-corrected chi connectivity index (χ3v) is 4.31. The van der Waals surface area contributed by atoms with Gasteiger partial charge in [0.05, 0.1) is 18.7 Å². The van der Waals surface area contributed by atoms with Crippen molar-refractivity contribution in [1.82, 2.24) is 0 Å². The minimum absolute atomic E-state index is 0.0873. The van der Waals surface area contributed by atoms with E-state index in [1.165, 1.54) is 24.1 Å². The second kappa shape index (κ2) is 8.70. The first-order valence-electron chi connectivity index (χ1n) is 8.53. The van der Waals surface area contributed by atoms with Gasteiger partial charge in [-0.2, -0.15) is 0 Å². The summed E-state index contributed by atoms with van der Waals surface area (Å²) < 4.78 is 15.4. The molecule has 1 aliphatic rings. The number of methoxy groups -OCH3 is 1. The van der Waals surface area contributed by atoms with Crippen LogP contribution in [0.1, 0.15) is 10.4 Å². The second-order valence-electron chi connectivity index (χ2n) is 6.01. The summed E-state index contributed by atoms with van der Waals surface area (Å²) in [5.74, 6) is -0.837. The first-order chi connectivity index (χ1) is 13.9. The number of amides is 3. The lowest BCUT2D eigenvalue weighted by molar-refractivity contribution is -0.119. The van der Waals surface area contributed by atoms with E-state index in [2.05, 4.69) is 5.32 Å². The maximum absolute atomic E-state index is 12.7. The molecule has 9 nitrogen and oxygen atoms in total. The van der Waals surface area contributed by atoms with Crippen molar-refractivity contribution >= 4 is 40.9 Å². The molecule has 1 saturated heterocycles. The van der Waals surface area contributed by atoms with Crippen molar-refractivity contribution in [3.05, 3.63) is 47.0 Å². The lowest BCUT2D eigenvalue weighted by atomic mass is 10.1. The molecule has 0 bridgehead atoms. The minimum Gasteiger partial charge on any atom is -0.493 e. The van der Waals surface area contributed by atoms with Gasteiger partial charge in [0.1, 0.15) is 6.61 Å². The summed E-state index contributed by atoms with van der Waals surface area (Å²) in [6, 6.07) is 9.62. The van der Waals surface area contributed by atoms with Crippen LogP contribution in [0.5, 0.6) is 11.5 Å². The Morgan fingerprint density at radius 2 is 2.10 bits per heavy atom. The zero-order chi connectivity index (χ0) is 21.0. The molecule has 2 aromatic carbocycles. The molecule has 3 N–H and O–H groups in total. The molecule has 10 heteroatoms. The number of cyclic esters (lactones) is 1. The molecule has 0 saturated carbocycles. The molecule has 1 aliphatic heterocycles. The van der Waals surface area contributed by atoms with Crippen molar-refractivity contribution in [2.75, 3.05) is 37.1 Å². The number of nitrogens with one attached hydrogen (secondary N) is 1. The Morgan fingerprint density at radius 3 is 2.76 bits per heavy atom. The Kier molecular flexibility index (Phi) is 6.08. The fraction of sp³-hybridized carbons (Fsp3) is 0.211. The number of carbonyl (C=O) groups excluding carboxylic acids is 3. The van der Waals surface area contributed by atoms with Gasteiger partial charge < -0.3 is 25.3 Å². The van der Waals surface area contributed by atoms with Gasteiger partial charge >= 0.3 is 6.09 Å². The highest BCUT2D eigenvalue weighted by Crippen LogP contribution is 2.36. The smallest absolute Gasteiger partial charge is 0.414 e. The van der Waals surface area contributed by atoms with Crippen molar-refractivity contribution in [2.45, 2.75) is 0 Å². The van der Waals surface area contributed by atoms with Crippen LogP contribution in [0.15, 0.2) is 36.4 Å². The molecule has 0 spiro atoms. The van der Waals surface area contributed by atoms with Crippen LogP contribution in [-0.4, -0.2) is 44.8 Å². The maximum atomic E-state index is 12.7. The summed E-state index contributed by atoms with van der Waals surface area (Å²) >= 11 is 6.18. The average molecular weight is 420 g/mol. The van der Waals surface area contributed by atoms with Gasteiger partial charge in [-0.05, 0) is 30.3 Å². The van der Waals surface area contributed by atoms with Gasteiger partial charge in [-0.1, -0.05) is 17.7 Å². The lowest BCUT2D eigenvalue weighted by Crippen LogP contribution is -2.23. The zero-order valence-electron chi connectivity index (χ0n) is 15.4. The molecule has 2 aromatic rings. The van der Waals surface area contributed by atoms with E-state index < -0.39 is 17.9 Å². The molecule has 152 valence electrons. The fourth-order valence-corrected chi connectivity index (χ4v) is 2.98. The number of benzene rings is 2. The van der Waals surface area contributed by atoms with Crippen molar-refractivity contribution in [3.63, 3.8) is 0 Å². The monoisotopic (exact) mass is 419 g/mol. The van der Waals surface area contributed by atoms with Gasteiger partial charge in [0.2, 0.25) is 0 Å². The molecule has 3 amide bonds. The molecule has 0 atom stereocenters. The number of halogens is 1. The van der Waals surface area contributed by atoms with Crippen molar-refractivity contribution in [2.24, 2.45) is 5.73 Å². The topological polar surface area (TPSA) is 120 Å². The number of hydrogen-bond acceptors (Lipinski definition) is 6. The fourth-order valence-electron chi connectivity index (χ4n) is 2.72. The molecule has 0 unspecified atom stereocenters. The van der Waals surface area contributed by atoms with Crippen LogP contribution >= 0.6 is 11.6 Å². The molecule has 1 heterocycles. The van der Waals surface area contributed by atoms with E-state index in [-0.39, 0.29) is 28.7 Å². The number of ether oxygens (including phenoxy) is 3. The Labute approximate surface area is 171 Å². The Bertz CT molecular complexity index is 965. The van der Waals surface area contributed by atoms with Crippen LogP contribution in [0.25, 0.3) is 0 Å². The molecule has 3 rings (SSSR count). The van der Waals surface area contributed by atoms with E-state index in [1.807, 2.05) is 0 Å². The van der Waals surface area contributed by atoms with E-state index in [1.54, 1.807) is 24.3 Å². The van der Waals surface area contributed by atoms with Crippen LogP contribution in [0.4, 0.5) is 16.2 Å². The largest absolute Gasteiger partial charge is 0.493 e. The van der Waals surface area contributed by atoms with Gasteiger partial charge in [0, 0.05) is 16.9 Å². The maximum Gasteiger partial charge on any atom is 0.414 e. The standard InChI is InChI=1S/C19H18ClN3O6/c1-27-15-8-11(7-14(20)17(15)29-10-16(21)24)18(25)22-12-3-2-4-13(9-12)23-5-6-28-19(23)26/h2-4,7-9H,5-6,10H2,1H3,(H2,21,24)(H,22,25). The molecule has 0 aliphatic carbocycles. The Balaban J connectivity index is 1.79. The van der Waals surface area contributed by atoms with E-state index >= 15 is 0 Å². The summed E-state index contributed by atoms with van der Waals surface area (Å²) in [4.78, 5) is 36.8. The van der Waals surface area contributed by atoms with E-state index in [4.69, 9.17) is 31.5 Å². The molecular weight excluding hydrogens is 402 g/mol. The SMILES string of the molecule is COc1cc(C(=O)Nc2cccc(N3CCOC3=O)c2)cc(Cl)c1OCC(N)=O. The van der Waals surface area contributed by atoms with Gasteiger partial charge in [0.15, 0.2) is 18.1 Å². The van der Waals surface area contributed by atoms with Gasteiger partial charge in [-0.3, -0.25) is 14.5 Å². The summed E-state index contributed by atoms with van der Waals surface area (Å²) in [6.45, 7) is 0.376. The van der Waals surface area contributed by atoms with E-state index in [0.29, 0.717) is 24.5 Å². The Hall–Kier alpha value is -3.46. The minimum atomic E-state index is -0.674. The highest BCUT2D eigenvalue weighted by atomic mass is 35.5. The third kappa shape index (κ3) is 4.69. The molecule has 0 aromatic heterocycles. The van der Waals surface area contributed by atoms with Crippen LogP contribution in [0.2, 0.25) is 5.02 Å². The number of hydrogen-bond donors (Lipinski definition) is 2. The van der Waals surface area contributed by atoms with Gasteiger partial charge in [-0.15, -0.1) is 0 Å². The normalized spacial score (nSPS) is 13.0. The van der Waals surface area contributed by atoms with Crippen molar-refractivity contribution in [1.29, 1.82) is 0 Å². The van der Waals surface area contributed by atoms with Crippen LogP contribution in [0, 0.1) is 0 Å². The molecular formula is C19H18ClN3O6. The molecule has 0 radical (unpaired) electrons. The van der Waals surface area contributed by atoms with Crippen molar-refractivity contribution < 1.29 is 28.6 Å². The number of primary amides is 1. The first-order valence-corrected chi connectivity index (χ1v) is 8.91. The average Bonchev–Trinajstić information content (AvgIpc) is 3.12. The quantitative estimate of drug-likeness (QED) is 0.711. The molecule has 1 fully saturated rings. The summed E-state index contributed by atoms with van der Waals surface area (Å²) in [5.41, 5.74) is 6.37. The lowest BCUT2D eigenvalue weighted by Gasteiger charge is -2.15. The number of nitrogens with two attached hydrogens (primary N) is 1. The predicted molar refractivity (Wildman–Crippen MR) is 106 cm³/mol. The number of rotatable bonds is 7. The predicted octanol–water partition coefficient (Wildman–Crippen LogP) is 2.42. The molecule has 29 heavy (non-hydrogen) atoms. The zero-order valence-corrected chi connectivity index (χ0v) is 16.2. The third-order valence-electron chi connectivity index (χ3n) is 4.03. The number of nitrogens with zero attached hydrogens (tertiary/aromatic N) is 1. The second-order valence-corrected chi connectivity index (χ2v) is 6.42. The van der Waals surface area contributed by atoms with Gasteiger partial charge in [0.25, 0.3) is 11.8 Å². The van der Waals surface area contributed by atoms with Crippen molar-refractivity contribution in [3.8, 4) is 11.5 Å². The van der Waals surface area contributed by atoms with Crippen LogP contribution in [-0.2, 0) is 9.53 Å². The number of anilines is 2. The van der Waals surface area contributed by atoms with Crippen LogP contribution in [0.3, 0.4) is 0 Å². The summed E-state index contributed by atoms with van der Waals surface area (Å²) in [5, 5.41) is 2.83.